The fourth-order valence-corrected chi connectivity index (χ4v) is 8.99. The standard InChI is InChI=1S/C30H36ClFSi/c1-2-3-4-19-33-20-17-24(18-21-33)6-5-23-7-9-25(10-8-23)26-11-13-27(14-12-26)28-15-16-29(31)30(32)22-28/h7-16,22,24,33H,2-6,17-21H2,1H3. The summed E-state index contributed by atoms with van der Waals surface area (Å²) in [7, 11) is -0.390. The third kappa shape index (κ3) is 6.80. The fraction of sp³-hybridized carbons (Fsp3) is 0.400. The van der Waals surface area contributed by atoms with Crippen LogP contribution in [0.15, 0.2) is 66.7 Å². The van der Waals surface area contributed by atoms with E-state index in [1.54, 1.807) is 24.2 Å². The molecule has 0 atom stereocenters. The minimum Gasteiger partial charge on any atom is -0.205 e. The second-order valence-electron chi connectivity index (χ2n) is 9.82. The van der Waals surface area contributed by atoms with Gasteiger partial charge in [0.25, 0.3) is 0 Å². The molecule has 0 unspecified atom stereocenters. The van der Waals surface area contributed by atoms with Gasteiger partial charge in [0.2, 0.25) is 0 Å². The molecule has 0 radical (unpaired) electrons. The summed E-state index contributed by atoms with van der Waals surface area (Å²) in [6.45, 7) is 2.31. The Hall–Kier alpha value is -1.90. The maximum Gasteiger partial charge on any atom is 0.142 e. The van der Waals surface area contributed by atoms with Crippen molar-refractivity contribution in [2.24, 2.45) is 5.92 Å². The molecule has 1 heterocycles. The minimum atomic E-state index is -0.390. The summed E-state index contributed by atoms with van der Waals surface area (Å²) in [5, 5.41) is 0.160. The van der Waals surface area contributed by atoms with Gasteiger partial charge in [-0.2, -0.15) is 0 Å². The lowest BCUT2D eigenvalue weighted by atomic mass is 9.93. The summed E-state index contributed by atoms with van der Waals surface area (Å²) >= 11 is 5.81. The second kappa shape index (κ2) is 12.0. The van der Waals surface area contributed by atoms with Crippen molar-refractivity contribution in [2.75, 3.05) is 0 Å². The van der Waals surface area contributed by atoms with Crippen LogP contribution >= 0.6 is 11.6 Å². The van der Waals surface area contributed by atoms with Gasteiger partial charge in [-0.1, -0.05) is 123 Å². The van der Waals surface area contributed by atoms with E-state index in [2.05, 4.69) is 43.3 Å². The molecule has 3 aromatic carbocycles. The van der Waals surface area contributed by atoms with Gasteiger partial charge in [0, 0.05) is 8.80 Å². The van der Waals surface area contributed by atoms with Crippen LogP contribution in [0.2, 0.25) is 23.2 Å². The summed E-state index contributed by atoms with van der Waals surface area (Å²) < 4.78 is 13.8. The van der Waals surface area contributed by atoms with Gasteiger partial charge in [0.1, 0.15) is 5.82 Å². The predicted octanol–water partition coefficient (Wildman–Crippen LogP) is 9.57. The maximum absolute atomic E-state index is 13.8. The van der Waals surface area contributed by atoms with E-state index >= 15 is 0 Å². The first-order valence-electron chi connectivity index (χ1n) is 12.8. The molecular weight excluding hydrogens is 443 g/mol. The van der Waals surface area contributed by atoms with E-state index in [9.17, 15) is 4.39 Å². The Morgan fingerprint density at radius 1 is 0.818 bits per heavy atom. The van der Waals surface area contributed by atoms with Crippen molar-refractivity contribution in [1.82, 2.24) is 0 Å². The Bertz CT molecular complexity index is 1000. The molecule has 4 rings (SSSR count). The lowest BCUT2D eigenvalue weighted by molar-refractivity contribution is 0.437. The highest BCUT2D eigenvalue weighted by molar-refractivity contribution is 6.58. The molecule has 0 aliphatic carbocycles. The van der Waals surface area contributed by atoms with E-state index in [-0.39, 0.29) is 10.8 Å². The third-order valence-corrected chi connectivity index (χ3v) is 11.3. The molecule has 0 spiro atoms. The zero-order valence-electron chi connectivity index (χ0n) is 19.8. The van der Waals surface area contributed by atoms with Crippen LogP contribution in [0.5, 0.6) is 0 Å². The molecule has 3 aromatic rings. The quantitative estimate of drug-likeness (QED) is 0.212. The Kier molecular flexibility index (Phi) is 8.80. The molecule has 0 bridgehead atoms. The van der Waals surface area contributed by atoms with E-state index < -0.39 is 8.80 Å². The zero-order chi connectivity index (χ0) is 23.0. The largest absolute Gasteiger partial charge is 0.205 e. The monoisotopic (exact) mass is 478 g/mol. The molecule has 33 heavy (non-hydrogen) atoms. The topological polar surface area (TPSA) is 0 Å². The predicted molar refractivity (Wildman–Crippen MR) is 144 cm³/mol. The van der Waals surface area contributed by atoms with Gasteiger partial charge in [-0.05, 0) is 58.7 Å². The highest BCUT2D eigenvalue weighted by Crippen LogP contribution is 2.32. The Balaban J connectivity index is 1.27. The smallest absolute Gasteiger partial charge is 0.142 e. The molecule has 1 saturated heterocycles. The molecule has 0 aromatic heterocycles. The zero-order valence-corrected chi connectivity index (χ0v) is 21.7. The number of halogens is 2. The second-order valence-corrected chi connectivity index (χ2v) is 13.7. The first-order valence-corrected chi connectivity index (χ1v) is 15.6. The van der Waals surface area contributed by atoms with Gasteiger partial charge >= 0.3 is 0 Å². The first kappa shape index (κ1) is 24.2. The average Bonchev–Trinajstić information content (AvgIpc) is 2.86. The molecule has 0 amide bonds. The number of aryl methyl sites for hydroxylation is 1. The fourth-order valence-electron chi connectivity index (χ4n) is 5.26. The molecule has 174 valence electrons. The van der Waals surface area contributed by atoms with Crippen LogP contribution in [0.25, 0.3) is 22.3 Å². The van der Waals surface area contributed by atoms with Gasteiger partial charge in [0.15, 0.2) is 0 Å². The Morgan fingerprint density at radius 2 is 1.39 bits per heavy atom. The third-order valence-electron chi connectivity index (χ3n) is 7.45. The van der Waals surface area contributed by atoms with Gasteiger partial charge in [-0.25, -0.2) is 4.39 Å². The van der Waals surface area contributed by atoms with Crippen molar-refractivity contribution in [3.05, 3.63) is 83.1 Å². The van der Waals surface area contributed by atoms with Crippen LogP contribution in [0.1, 0.15) is 51.0 Å². The molecule has 0 N–H and O–H groups in total. The van der Waals surface area contributed by atoms with E-state index in [4.69, 9.17) is 11.6 Å². The number of benzene rings is 3. The summed E-state index contributed by atoms with van der Waals surface area (Å²) in [6.07, 6.45) is 9.83. The lowest BCUT2D eigenvalue weighted by Gasteiger charge is -2.27. The molecule has 0 saturated carbocycles. The number of hydrogen-bond acceptors (Lipinski definition) is 0. The summed E-state index contributed by atoms with van der Waals surface area (Å²) in [5.74, 6) is 0.570. The number of rotatable bonds is 9. The maximum atomic E-state index is 13.8. The van der Waals surface area contributed by atoms with E-state index in [0.717, 1.165) is 17.0 Å². The summed E-state index contributed by atoms with van der Waals surface area (Å²) in [6, 6.07) is 27.1. The van der Waals surface area contributed by atoms with Crippen molar-refractivity contribution < 1.29 is 4.39 Å². The van der Waals surface area contributed by atoms with Gasteiger partial charge in [-0.3, -0.25) is 0 Å². The summed E-state index contributed by atoms with van der Waals surface area (Å²) in [4.78, 5) is 0. The van der Waals surface area contributed by atoms with Crippen molar-refractivity contribution in [1.29, 1.82) is 0 Å². The van der Waals surface area contributed by atoms with E-state index in [1.165, 1.54) is 67.7 Å². The lowest BCUT2D eigenvalue weighted by Crippen LogP contribution is -2.21. The van der Waals surface area contributed by atoms with Crippen LogP contribution in [0.3, 0.4) is 0 Å². The number of unbranched alkanes of at least 4 members (excludes halogenated alkanes) is 2. The molecule has 1 aliphatic rings. The summed E-state index contributed by atoms with van der Waals surface area (Å²) in [5.41, 5.74) is 5.71. The van der Waals surface area contributed by atoms with Crippen molar-refractivity contribution in [2.45, 2.75) is 70.0 Å². The SMILES string of the molecule is CCCCC[SiH]1CCC(CCc2ccc(-c3ccc(-c4ccc(Cl)c(F)c4)cc3)cc2)CC1. The highest BCUT2D eigenvalue weighted by Gasteiger charge is 2.21. The van der Waals surface area contributed by atoms with Gasteiger partial charge in [-0.15, -0.1) is 0 Å². The van der Waals surface area contributed by atoms with Crippen LogP contribution < -0.4 is 0 Å². The molecule has 0 nitrogen and oxygen atoms in total. The Labute approximate surface area is 205 Å². The van der Waals surface area contributed by atoms with Crippen LogP contribution in [-0.4, -0.2) is 8.80 Å². The average molecular weight is 479 g/mol. The minimum absolute atomic E-state index is 0.160. The van der Waals surface area contributed by atoms with Gasteiger partial charge < -0.3 is 0 Å². The number of hydrogen-bond donors (Lipinski definition) is 0. The van der Waals surface area contributed by atoms with Gasteiger partial charge in [0.05, 0.1) is 5.02 Å². The molecule has 1 fully saturated rings. The van der Waals surface area contributed by atoms with Crippen LogP contribution in [-0.2, 0) is 6.42 Å². The molecule has 1 aliphatic heterocycles. The first-order chi connectivity index (χ1) is 16.1. The van der Waals surface area contributed by atoms with Crippen molar-refractivity contribution >= 4 is 20.4 Å². The van der Waals surface area contributed by atoms with Crippen molar-refractivity contribution in [3.63, 3.8) is 0 Å². The molecule has 3 heteroatoms. The van der Waals surface area contributed by atoms with Crippen molar-refractivity contribution in [3.8, 4) is 22.3 Å². The normalized spacial score (nSPS) is 18.4. The highest BCUT2D eigenvalue weighted by atomic mass is 35.5. The van der Waals surface area contributed by atoms with E-state index in [1.807, 2.05) is 18.2 Å². The molecular formula is C30H36ClFSi. The van der Waals surface area contributed by atoms with E-state index in [0.29, 0.717) is 0 Å². The van der Waals surface area contributed by atoms with Crippen LogP contribution in [0, 0.1) is 11.7 Å². The Morgan fingerprint density at radius 3 is 2.00 bits per heavy atom. The van der Waals surface area contributed by atoms with Crippen LogP contribution in [0.4, 0.5) is 4.39 Å².